The summed E-state index contributed by atoms with van der Waals surface area (Å²) in [6, 6.07) is 11.2. The summed E-state index contributed by atoms with van der Waals surface area (Å²) in [7, 11) is 0. The van der Waals surface area contributed by atoms with Crippen molar-refractivity contribution in [3.8, 4) is 11.5 Å². The molecule has 138 valence electrons. The number of H-pyrrole nitrogens is 1. The van der Waals surface area contributed by atoms with Gasteiger partial charge in [-0.05, 0) is 55.8 Å². The first kappa shape index (κ1) is 16.2. The highest BCUT2D eigenvalue weighted by Gasteiger charge is 2.17. The highest BCUT2D eigenvalue weighted by atomic mass is 16.3. The number of aromatic nitrogens is 5. The van der Waals surface area contributed by atoms with Gasteiger partial charge in [0.2, 0.25) is 0 Å². The third kappa shape index (κ3) is 2.46. The summed E-state index contributed by atoms with van der Waals surface area (Å²) < 4.78 is 7.12. The second-order valence-electron chi connectivity index (χ2n) is 6.62. The predicted molar refractivity (Wildman–Crippen MR) is 104 cm³/mol. The number of fused-ring (bicyclic) bond motifs is 2. The zero-order chi connectivity index (χ0) is 19.3. The molecule has 2 N–H and O–H groups in total. The van der Waals surface area contributed by atoms with Crippen LogP contribution in [0.25, 0.3) is 27.9 Å². The monoisotopic (exact) mass is 372 g/mol. The van der Waals surface area contributed by atoms with Gasteiger partial charge in [0.1, 0.15) is 5.69 Å². The molecule has 0 saturated carbocycles. The largest absolute Gasteiger partial charge is 0.463 e. The van der Waals surface area contributed by atoms with Gasteiger partial charge in [-0.3, -0.25) is 9.89 Å². The molecule has 1 amide bonds. The molecule has 8 nitrogen and oxygen atoms in total. The lowest BCUT2D eigenvalue weighted by molar-refractivity contribution is 0.102. The second-order valence-corrected chi connectivity index (χ2v) is 6.62. The van der Waals surface area contributed by atoms with E-state index < -0.39 is 0 Å². The molecule has 8 heteroatoms. The number of nitrogens with zero attached hydrogens (tertiary/aromatic N) is 4. The van der Waals surface area contributed by atoms with Crippen LogP contribution in [-0.2, 0) is 0 Å². The van der Waals surface area contributed by atoms with Gasteiger partial charge < -0.3 is 9.73 Å². The molecule has 0 atom stereocenters. The van der Waals surface area contributed by atoms with Crippen LogP contribution in [0.3, 0.4) is 0 Å². The van der Waals surface area contributed by atoms with E-state index in [9.17, 15) is 4.79 Å². The minimum absolute atomic E-state index is 0.199. The SMILES string of the molecule is Cc1cc2cnnn2c(C)c1C(=O)Nc1ccc2[nH]nc(-c3ccco3)c2c1. The molecule has 4 aromatic heterocycles. The summed E-state index contributed by atoms with van der Waals surface area (Å²) in [5.74, 6) is 0.466. The Morgan fingerprint density at radius 1 is 1.21 bits per heavy atom. The van der Waals surface area contributed by atoms with Gasteiger partial charge in [-0.1, -0.05) is 5.21 Å². The first-order valence-corrected chi connectivity index (χ1v) is 8.76. The van der Waals surface area contributed by atoms with E-state index in [-0.39, 0.29) is 5.91 Å². The van der Waals surface area contributed by atoms with E-state index in [0.29, 0.717) is 22.7 Å². The van der Waals surface area contributed by atoms with Gasteiger partial charge in [-0.25, -0.2) is 4.52 Å². The maximum absolute atomic E-state index is 13.0. The molecule has 0 aliphatic rings. The van der Waals surface area contributed by atoms with Crippen LogP contribution in [0.2, 0.25) is 0 Å². The van der Waals surface area contributed by atoms with E-state index in [0.717, 1.165) is 27.7 Å². The van der Waals surface area contributed by atoms with Gasteiger partial charge >= 0.3 is 0 Å². The van der Waals surface area contributed by atoms with Gasteiger partial charge in [0.05, 0.1) is 34.8 Å². The number of pyridine rings is 1. The maximum atomic E-state index is 13.0. The third-order valence-corrected chi connectivity index (χ3v) is 4.82. The van der Waals surface area contributed by atoms with Crippen LogP contribution in [0, 0.1) is 13.8 Å². The molecule has 4 heterocycles. The van der Waals surface area contributed by atoms with Crippen molar-refractivity contribution in [1.82, 2.24) is 25.0 Å². The molecule has 0 aliphatic heterocycles. The summed E-state index contributed by atoms with van der Waals surface area (Å²) in [6.45, 7) is 3.76. The topological polar surface area (TPSA) is 101 Å². The van der Waals surface area contributed by atoms with Crippen LogP contribution < -0.4 is 5.32 Å². The molecule has 5 aromatic rings. The Morgan fingerprint density at radius 2 is 2.11 bits per heavy atom. The molecule has 0 saturated heterocycles. The second kappa shape index (κ2) is 6.05. The number of carbonyl (C=O) groups excluding carboxylic acids is 1. The van der Waals surface area contributed by atoms with Crippen molar-refractivity contribution in [2.24, 2.45) is 0 Å². The number of furan rings is 1. The smallest absolute Gasteiger partial charge is 0.257 e. The van der Waals surface area contributed by atoms with Crippen molar-refractivity contribution >= 4 is 28.0 Å². The lowest BCUT2D eigenvalue weighted by Gasteiger charge is -2.12. The number of carbonyl (C=O) groups is 1. The molecule has 0 bridgehead atoms. The molecule has 0 aliphatic carbocycles. The van der Waals surface area contributed by atoms with Crippen LogP contribution in [0.5, 0.6) is 0 Å². The fraction of sp³-hybridized carbons (Fsp3) is 0.100. The number of rotatable bonds is 3. The predicted octanol–water partition coefficient (Wildman–Crippen LogP) is 3.73. The number of hydrogen-bond acceptors (Lipinski definition) is 5. The molecule has 0 unspecified atom stereocenters. The summed E-state index contributed by atoms with van der Waals surface area (Å²) in [6.07, 6.45) is 3.28. The molecular formula is C20H16N6O2. The number of benzene rings is 1. The molecule has 0 fully saturated rings. The number of nitrogens with one attached hydrogen (secondary N) is 2. The minimum Gasteiger partial charge on any atom is -0.463 e. The Labute approximate surface area is 159 Å². The molecular weight excluding hydrogens is 356 g/mol. The van der Waals surface area contributed by atoms with Crippen molar-refractivity contribution in [2.45, 2.75) is 13.8 Å². The Hall–Kier alpha value is -3.94. The van der Waals surface area contributed by atoms with Gasteiger partial charge in [0.25, 0.3) is 5.91 Å². The zero-order valence-electron chi connectivity index (χ0n) is 15.2. The summed E-state index contributed by atoms with van der Waals surface area (Å²) in [5, 5.41) is 19.1. The quantitative estimate of drug-likeness (QED) is 0.502. The van der Waals surface area contributed by atoms with Crippen LogP contribution in [-0.4, -0.2) is 30.9 Å². The van der Waals surface area contributed by atoms with Crippen molar-refractivity contribution in [3.05, 3.63) is 65.7 Å². The third-order valence-electron chi connectivity index (χ3n) is 4.82. The average Bonchev–Trinajstić information content (AvgIpc) is 3.41. The first-order chi connectivity index (χ1) is 13.6. The van der Waals surface area contributed by atoms with Crippen LogP contribution in [0.1, 0.15) is 21.6 Å². The van der Waals surface area contributed by atoms with E-state index in [2.05, 4.69) is 25.8 Å². The summed E-state index contributed by atoms with van der Waals surface area (Å²) >= 11 is 0. The Morgan fingerprint density at radius 3 is 2.93 bits per heavy atom. The number of amides is 1. The molecule has 0 spiro atoms. The van der Waals surface area contributed by atoms with Crippen molar-refractivity contribution in [2.75, 3.05) is 5.32 Å². The summed E-state index contributed by atoms with van der Waals surface area (Å²) in [5.41, 5.74) is 5.28. The molecule has 0 radical (unpaired) electrons. The minimum atomic E-state index is -0.199. The van der Waals surface area contributed by atoms with E-state index >= 15 is 0 Å². The normalized spacial score (nSPS) is 11.4. The lowest BCUT2D eigenvalue weighted by atomic mass is 10.1. The van der Waals surface area contributed by atoms with Crippen LogP contribution in [0.15, 0.2) is 53.3 Å². The zero-order valence-corrected chi connectivity index (χ0v) is 15.2. The standard InChI is InChI=1S/C20H16N6O2/c1-11-8-14-10-21-25-26(14)12(2)18(11)20(27)22-13-5-6-16-15(9-13)19(24-23-16)17-4-3-7-28-17/h3-10H,1-2H3,(H,22,27)(H,23,24). The fourth-order valence-electron chi connectivity index (χ4n) is 3.52. The number of aromatic amines is 1. The van der Waals surface area contributed by atoms with E-state index in [4.69, 9.17) is 4.42 Å². The van der Waals surface area contributed by atoms with E-state index in [1.54, 1.807) is 17.0 Å². The Bertz CT molecular complexity index is 1330. The Kier molecular flexibility index (Phi) is 3.51. The van der Waals surface area contributed by atoms with Crippen LogP contribution >= 0.6 is 0 Å². The fourth-order valence-corrected chi connectivity index (χ4v) is 3.52. The van der Waals surface area contributed by atoms with Crippen molar-refractivity contribution in [3.63, 3.8) is 0 Å². The Balaban J connectivity index is 1.53. The lowest BCUT2D eigenvalue weighted by Crippen LogP contribution is -2.17. The molecule has 5 rings (SSSR count). The van der Waals surface area contributed by atoms with E-state index in [1.165, 1.54) is 0 Å². The highest BCUT2D eigenvalue weighted by Crippen LogP contribution is 2.29. The van der Waals surface area contributed by atoms with Gasteiger partial charge in [-0.2, -0.15) is 5.10 Å². The number of hydrogen-bond donors (Lipinski definition) is 2. The van der Waals surface area contributed by atoms with Crippen LogP contribution in [0.4, 0.5) is 5.69 Å². The van der Waals surface area contributed by atoms with Gasteiger partial charge in [0.15, 0.2) is 5.76 Å². The first-order valence-electron chi connectivity index (χ1n) is 8.76. The highest BCUT2D eigenvalue weighted by molar-refractivity contribution is 6.07. The van der Waals surface area contributed by atoms with Crippen molar-refractivity contribution < 1.29 is 9.21 Å². The number of aryl methyl sites for hydroxylation is 2. The average molecular weight is 372 g/mol. The van der Waals surface area contributed by atoms with Crippen molar-refractivity contribution in [1.29, 1.82) is 0 Å². The molecule has 1 aromatic carbocycles. The van der Waals surface area contributed by atoms with Gasteiger partial charge in [-0.15, -0.1) is 5.10 Å². The molecule has 28 heavy (non-hydrogen) atoms. The van der Waals surface area contributed by atoms with Gasteiger partial charge in [0, 0.05) is 11.1 Å². The van der Waals surface area contributed by atoms with E-state index in [1.807, 2.05) is 50.2 Å². The maximum Gasteiger partial charge on any atom is 0.257 e. The number of anilines is 1. The summed E-state index contributed by atoms with van der Waals surface area (Å²) in [4.78, 5) is 13.0.